The Morgan fingerprint density at radius 1 is 1.14 bits per heavy atom. The van der Waals surface area contributed by atoms with E-state index in [1.54, 1.807) is 0 Å². The molecule has 0 unspecified atom stereocenters. The number of hydrogen-bond donors (Lipinski definition) is 1. The molecular weight excluding hydrogens is 416 g/mol. The number of hydrogen-bond acceptors (Lipinski definition) is 7. The molecule has 1 aliphatic heterocycles. The maximum Gasteiger partial charge on any atom is 0.341 e. The second-order valence-corrected chi connectivity index (χ2v) is 9.95. The highest BCUT2D eigenvalue weighted by Crippen LogP contribution is 2.32. The maximum atomic E-state index is 12.6. The first kappa shape index (κ1) is 23.7. The predicted octanol–water partition coefficient (Wildman–Crippen LogP) is 1.29. The molecule has 0 atom stereocenters. The first-order valence-corrected chi connectivity index (χ1v) is 11.8. The van der Waals surface area contributed by atoms with Crippen molar-refractivity contribution in [1.29, 1.82) is 0 Å². The summed E-state index contributed by atoms with van der Waals surface area (Å²) < 4.78 is 32.9. The van der Waals surface area contributed by atoms with Crippen LogP contribution in [0.4, 0.5) is 5.00 Å². The quantitative estimate of drug-likeness (QED) is 0.604. The number of piperazine rings is 1. The van der Waals surface area contributed by atoms with Crippen molar-refractivity contribution < 1.29 is 22.7 Å². The summed E-state index contributed by atoms with van der Waals surface area (Å²) in [4.78, 5) is 27.4. The number of amides is 1. The number of nitrogens with zero attached hydrogens (tertiary/aromatic N) is 3. The number of carbonyl (C=O) groups excluding carboxylic acids is 2. The Labute approximate surface area is 176 Å². The normalized spacial score (nSPS) is 16.2. The van der Waals surface area contributed by atoms with Crippen molar-refractivity contribution in [2.24, 2.45) is 0 Å². The molecule has 1 saturated heterocycles. The lowest BCUT2D eigenvalue weighted by atomic mass is 10.1. The summed E-state index contributed by atoms with van der Waals surface area (Å²) in [6, 6.07) is 0. The number of methoxy groups -OCH3 is 1. The highest BCUT2D eigenvalue weighted by molar-refractivity contribution is 7.86. The van der Waals surface area contributed by atoms with Gasteiger partial charge in [0.15, 0.2) is 0 Å². The van der Waals surface area contributed by atoms with Gasteiger partial charge in [-0.05, 0) is 19.4 Å². The van der Waals surface area contributed by atoms with E-state index in [9.17, 15) is 18.0 Å². The monoisotopic (exact) mass is 446 g/mol. The largest absolute Gasteiger partial charge is 0.465 e. The molecule has 0 radical (unpaired) electrons. The van der Waals surface area contributed by atoms with Crippen molar-refractivity contribution in [3.63, 3.8) is 0 Å². The Balaban J connectivity index is 1.96. The van der Waals surface area contributed by atoms with E-state index in [0.717, 1.165) is 10.4 Å². The fourth-order valence-electron chi connectivity index (χ4n) is 3.26. The third kappa shape index (κ3) is 5.34. The molecule has 1 fully saturated rings. The van der Waals surface area contributed by atoms with Gasteiger partial charge in [0.1, 0.15) is 5.00 Å². The van der Waals surface area contributed by atoms with E-state index < -0.39 is 16.2 Å². The van der Waals surface area contributed by atoms with Crippen LogP contribution in [0.25, 0.3) is 0 Å². The van der Waals surface area contributed by atoms with Crippen LogP contribution in [0.15, 0.2) is 0 Å². The van der Waals surface area contributed by atoms with Gasteiger partial charge in [0.2, 0.25) is 5.91 Å². The molecular formula is C18H30N4O5S2. The molecule has 1 N–H and O–H groups in total. The Morgan fingerprint density at radius 2 is 1.72 bits per heavy atom. The van der Waals surface area contributed by atoms with Crippen molar-refractivity contribution in [2.75, 3.05) is 58.2 Å². The Kier molecular flexibility index (Phi) is 8.18. The van der Waals surface area contributed by atoms with E-state index in [4.69, 9.17) is 4.74 Å². The molecule has 1 amide bonds. The second-order valence-electron chi connectivity index (χ2n) is 6.79. The fraction of sp³-hybridized carbons (Fsp3) is 0.667. The molecule has 0 saturated carbocycles. The highest BCUT2D eigenvalue weighted by Gasteiger charge is 2.31. The van der Waals surface area contributed by atoms with Gasteiger partial charge in [-0.1, -0.05) is 13.8 Å². The summed E-state index contributed by atoms with van der Waals surface area (Å²) >= 11 is 1.34. The van der Waals surface area contributed by atoms with Gasteiger partial charge in [-0.15, -0.1) is 11.3 Å². The zero-order valence-corrected chi connectivity index (χ0v) is 19.3. The number of esters is 1. The molecule has 2 heterocycles. The number of thiophene rings is 1. The lowest BCUT2D eigenvalue weighted by Gasteiger charge is -2.35. The van der Waals surface area contributed by atoms with E-state index in [1.807, 2.05) is 32.6 Å². The molecule has 2 rings (SSSR count). The number of nitrogens with one attached hydrogen (secondary N) is 1. The highest BCUT2D eigenvalue weighted by atomic mass is 32.2. The van der Waals surface area contributed by atoms with Crippen LogP contribution in [0.3, 0.4) is 0 Å². The molecule has 9 nitrogen and oxygen atoms in total. The molecule has 0 aromatic carbocycles. The van der Waals surface area contributed by atoms with Crippen molar-refractivity contribution >= 4 is 38.4 Å². The first-order chi connectivity index (χ1) is 13.6. The number of ether oxygens (including phenoxy) is 1. The third-order valence-corrected chi connectivity index (χ3v) is 8.39. The lowest BCUT2D eigenvalue weighted by Crippen LogP contribution is -2.54. The van der Waals surface area contributed by atoms with E-state index in [1.165, 1.54) is 27.1 Å². The minimum Gasteiger partial charge on any atom is -0.465 e. The van der Waals surface area contributed by atoms with Crippen LogP contribution >= 0.6 is 11.3 Å². The molecule has 1 aromatic heterocycles. The summed E-state index contributed by atoms with van der Waals surface area (Å²) in [7, 11) is -2.14. The van der Waals surface area contributed by atoms with Crippen LogP contribution in [0.2, 0.25) is 0 Å². The van der Waals surface area contributed by atoms with E-state index in [2.05, 4.69) is 5.32 Å². The summed E-state index contributed by atoms with van der Waals surface area (Å²) in [5.41, 5.74) is 1.19. The smallest absolute Gasteiger partial charge is 0.341 e. The van der Waals surface area contributed by atoms with Gasteiger partial charge in [-0.3, -0.25) is 9.69 Å². The Bertz CT molecular complexity index is 841. The predicted molar refractivity (Wildman–Crippen MR) is 114 cm³/mol. The number of aryl methyl sites for hydroxylation is 1. The average molecular weight is 447 g/mol. The van der Waals surface area contributed by atoms with Crippen LogP contribution in [0.5, 0.6) is 0 Å². The van der Waals surface area contributed by atoms with Gasteiger partial charge in [-0.25, -0.2) is 4.79 Å². The number of anilines is 1. The summed E-state index contributed by atoms with van der Waals surface area (Å²) in [6.45, 7) is 9.98. The minimum atomic E-state index is -3.46. The second kappa shape index (κ2) is 9.98. The topological polar surface area (TPSA) is 99.3 Å². The van der Waals surface area contributed by atoms with Gasteiger partial charge in [0.25, 0.3) is 10.2 Å². The molecule has 1 aromatic rings. The van der Waals surface area contributed by atoms with Crippen molar-refractivity contribution in [2.45, 2.75) is 27.7 Å². The summed E-state index contributed by atoms with van der Waals surface area (Å²) in [5.74, 6) is -0.714. The van der Waals surface area contributed by atoms with Crippen molar-refractivity contribution in [1.82, 2.24) is 13.5 Å². The lowest BCUT2D eigenvalue weighted by molar-refractivity contribution is -0.117. The molecule has 164 valence electrons. The molecule has 11 heteroatoms. The molecule has 29 heavy (non-hydrogen) atoms. The van der Waals surface area contributed by atoms with Crippen LogP contribution in [-0.4, -0.2) is 86.7 Å². The van der Waals surface area contributed by atoms with Gasteiger partial charge in [-0.2, -0.15) is 17.0 Å². The van der Waals surface area contributed by atoms with Crippen molar-refractivity contribution in [3.05, 3.63) is 16.0 Å². The fourth-order valence-corrected chi connectivity index (χ4v) is 5.93. The molecule has 0 spiro atoms. The Morgan fingerprint density at radius 3 is 2.24 bits per heavy atom. The molecule has 1 aliphatic rings. The zero-order chi connectivity index (χ0) is 21.8. The van der Waals surface area contributed by atoms with E-state index >= 15 is 0 Å². The maximum absolute atomic E-state index is 12.6. The minimum absolute atomic E-state index is 0.135. The van der Waals surface area contributed by atoms with Crippen LogP contribution in [-0.2, 0) is 19.7 Å². The van der Waals surface area contributed by atoms with Gasteiger partial charge >= 0.3 is 5.97 Å². The standard InChI is InChI=1S/C18H30N4O5S2/c1-6-21(7-2)29(25,26)22-10-8-20(9-11-22)12-15(23)19-17-16(18(24)27-5)13(3)14(4)28-17/h6-12H2,1-5H3,(H,19,23). The van der Waals surface area contributed by atoms with Crippen molar-refractivity contribution in [3.8, 4) is 0 Å². The number of carbonyl (C=O) groups is 2. The Hall–Kier alpha value is -1.53. The van der Waals surface area contributed by atoms with Gasteiger partial charge < -0.3 is 10.1 Å². The van der Waals surface area contributed by atoms with Crippen LogP contribution < -0.4 is 5.32 Å². The molecule has 0 bridgehead atoms. The first-order valence-electron chi connectivity index (χ1n) is 9.61. The van der Waals surface area contributed by atoms with E-state index in [-0.39, 0.29) is 12.5 Å². The van der Waals surface area contributed by atoms with Gasteiger partial charge in [0.05, 0.1) is 19.2 Å². The van der Waals surface area contributed by atoms with Gasteiger partial charge in [0, 0.05) is 44.1 Å². The van der Waals surface area contributed by atoms with Crippen LogP contribution in [0, 0.1) is 13.8 Å². The van der Waals surface area contributed by atoms with E-state index in [0.29, 0.717) is 49.8 Å². The summed E-state index contributed by atoms with van der Waals surface area (Å²) in [5, 5.41) is 3.30. The number of rotatable bonds is 8. The third-order valence-electron chi connectivity index (χ3n) is 5.08. The average Bonchev–Trinajstić information content (AvgIpc) is 2.95. The van der Waals surface area contributed by atoms with Crippen LogP contribution in [0.1, 0.15) is 34.6 Å². The molecule has 0 aliphatic carbocycles. The SMILES string of the molecule is CCN(CC)S(=O)(=O)N1CCN(CC(=O)Nc2sc(C)c(C)c2C(=O)OC)CC1. The zero-order valence-electron chi connectivity index (χ0n) is 17.6. The summed E-state index contributed by atoms with van der Waals surface area (Å²) in [6.07, 6.45) is 0.